The number of rotatable bonds is 8. The van der Waals surface area contributed by atoms with E-state index in [0.717, 1.165) is 5.56 Å². The van der Waals surface area contributed by atoms with Crippen molar-refractivity contribution in [2.75, 3.05) is 20.1 Å². The largest absolute Gasteiger partial charge is 0.444 e. The fourth-order valence-electron chi connectivity index (χ4n) is 3.18. The molecular weight excluding hydrogens is 517 g/mol. The summed E-state index contributed by atoms with van der Waals surface area (Å²) in [5.74, 6) is -0.0215. The fourth-order valence-corrected chi connectivity index (χ4v) is 3.70. The van der Waals surface area contributed by atoms with Crippen molar-refractivity contribution < 1.29 is 22.7 Å². The van der Waals surface area contributed by atoms with E-state index in [1.54, 1.807) is 59.0 Å². The van der Waals surface area contributed by atoms with Gasteiger partial charge in [-0.1, -0.05) is 37.3 Å². The van der Waals surface area contributed by atoms with Crippen LogP contribution in [0, 0.1) is 0 Å². The van der Waals surface area contributed by atoms with E-state index < -0.39 is 39.6 Å². The SMILES string of the molecule is CCC(NCCN(C)C(=O)OC(C)(C)C)c1nc(C(F)(F)F)c(Br)c(=O)n1Cc1ccccc1. The number of ether oxygens (including phenoxy) is 1. The van der Waals surface area contributed by atoms with Crippen LogP contribution in [0.15, 0.2) is 39.6 Å². The third-order valence-corrected chi connectivity index (χ3v) is 5.57. The van der Waals surface area contributed by atoms with Crippen molar-refractivity contribution in [1.29, 1.82) is 0 Å². The van der Waals surface area contributed by atoms with Gasteiger partial charge in [0.25, 0.3) is 5.56 Å². The van der Waals surface area contributed by atoms with Gasteiger partial charge < -0.3 is 15.0 Å². The van der Waals surface area contributed by atoms with Crippen molar-refractivity contribution in [3.63, 3.8) is 0 Å². The molecular formula is C23H30BrF3N4O3. The number of alkyl halides is 3. The maximum Gasteiger partial charge on any atom is 0.434 e. The number of halogens is 4. The van der Waals surface area contributed by atoms with E-state index in [-0.39, 0.29) is 25.5 Å². The number of carbonyl (C=O) groups excluding carboxylic acids is 1. The maximum atomic E-state index is 13.6. The Morgan fingerprint density at radius 1 is 1.24 bits per heavy atom. The lowest BCUT2D eigenvalue weighted by Crippen LogP contribution is -2.40. The first-order valence-corrected chi connectivity index (χ1v) is 11.6. The van der Waals surface area contributed by atoms with Crippen molar-refractivity contribution >= 4 is 22.0 Å². The molecule has 0 radical (unpaired) electrons. The first-order chi connectivity index (χ1) is 15.7. The Kier molecular flexibility index (Phi) is 9.29. The minimum Gasteiger partial charge on any atom is -0.444 e. The highest BCUT2D eigenvalue weighted by molar-refractivity contribution is 9.10. The molecule has 7 nitrogen and oxygen atoms in total. The number of carbonyl (C=O) groups is 1. The molecule has 1 heterocycles. The Labute approximate surface area is 205 Å². The molecule has 0 aliphatic carbocycles. The zero-order valence-electron chi connectivity index (χ0n) is 19.9. The monoisotopic (exact) mass is 546 g/mol. The van der Waals surface area contributed by atoms with Crippen LogP contribution in [0.2, 0.25) is 0 Å². The van der Waals surface area contributed by atoms with Crippen LogP contribution in [0.5, 0.6) is 0 Å². The highest BCUT2D eigenvalue weighted by Crippen LogP contribution is 2.32. The van der Waals surface area contributed by atoms with Gasteiger partial charge in [0.15, 0.2) is 5.69 Å². The number of amides is 1. The topological polar surface area (TPSA) is 76.5 Å². The zero-order valence-corrected chi connectivity index (χ0v) is 21.5. The predicted molar refractivity (Wildman–Crippen MR) is 127 cm³/mol. The van der Waals surface area contributed by atoms with E-state index in [1.807, 2.05) is 6.07 Å². The van der Waals surface area contributed by atoms with Gasteiger partial charge in [-0.3, -0.25) is 9.36 Å². The fraction of sp³-hybridized carbons (Fsp3) is 0.522. The molecule has 1 atom stereocenters. The second-order valence-electron chi connectivity index (χ2n) is 8.82. The third-order valence-electron chi connectivity index (χ3n) is 4.86. The van der Waals surface area contributed by atoms with Crippen LogP contribution >= 0.6 is 15.9 Å². The molecule has 1 aromatic heterocycles. The molecule has 1 N–H and O–H groups in total. The number of likely N-dealkylation sites (N-methyl/N-ethyl adjacent to an activating group) is 1. The number of hydrogen-bond donors (Lipinski definition) is 1. The zero-order chi connectivity index (χ0) is 25.7. The third kappa shape index (κ3) is 7.56. The lowest BCUT2D eigenvalue weighted by Gasteiger charge is -2.26. The molecule has 34 heavy (non-hydrogen) atoms. The summed E-state index contributed by atoms with van der Waals surface area (Å²) >= 11 is 2.80. The predicted octanol–water partition coefficient (Wildman–Crippen LogP) is 4.98. The number of nitrogens with zero attached hydrogens (tertiary/aromatic N) is 3. The Bertz CT molecular complexity index is 1040. The van der Waals surface area contributed by atoms with E-state index in [2.05, 4.69) is 26.2 Å². The summed E-state index contributed by atoms with van der Waals surface area (Å²) in [4.78, 5) is 30.4. The smallest absolute Gasteiger partial charge is 0.434 e. The van der Waals surface area contributed by atoms with Crippen LogP contribution in [0.1, 0.15) is 57.2 Å². The highest BCUT2D eigenvalue weighted by Gasteiger charge is 2.38. The van der Waals surface area contributed by atoms with Crippen molar-refractivity contribution in [2.45, 2.75) is 58.5 Å². The lowest BCUT2D eigenvalue weighted by atomic mass is 10.1. The molecule has 0 fully saturated rings. The van der Waals surface area contributed by atoms with Crippen LogP contribution in [0.25, 0.3) is 0 Å². The molecule has 2 rings (SSSR count). The number of benzene rings is 1. The van der Waals surface area contributed by atoms with E-state index in [0.29, 0.717) is 6.42 Å². The Morgan fingerprint density at radius 3 is 2.38 bits per heavy atom. The van der Waals surface area contributed by atoms with Gasteiger partial charge in [-0.15, -0.1) is 0 Å². The van der Waals surface area contributed by atoms with Crippen LogP contribution in [-0.4, -0.2) is 46.3 Å². The number of hydrogen-bond acceptors (Lipinski definition) is 5. The van der Waals surface area contributed by atoms with Gasteiger partial charge in [-0.25, -0.2) is 9.78 Å². The number of aromatic nitrogens is 2. The van der Waals surface area contributed by atoms with Crippen LogP contribution < -0.4 is 10.9 Å². The molecule has 1 unspecified atom stereocenters. The Hall–Kier alpha value is -2.40. The molecule has 2 aromatic rings. The summed E-state index contributed by atoms with van der Waals surface area (Å²) in [5, 5.41) is 3.13. The quantitative estimate of drug-likeness (QED) is 0.505. The maximum absolute atomic E-state index is 13.6. The molecule has 0 aliphatic rings. The van der Waals surface area contributed by atoms with Crippen molar-refractivity contribution in [3.05, 3.63) is 62.2 Å². The summed E-state index contributed by atoms with van der Waals surface area (Å²) in [5.41, 5.74) is -1.97. The standard InChI is InChI=1S/C23H30BrF3N4O3/c1-6-16(28-12-13-30(5)21(33)34-22(2,3)4)19-29-18(23(25,26)27)17(24)20(32)31(19)14-15-10-8-7-9-11-15/h7-11,16,28H,6,12-14H2,1-5H3. The number of nitrogens with one attached hydrogen (secondary N) is 1. The molecule has 0 spiro atoms. The normalized spacial score (nSPS) is 13.0. The van der Waals surface area contributed by atoms with E-state index in [4.69, 9.17) is 4.74 Å². The van der Waals surface area contributed by atoms with Gasteiger partial charge in [0.1, 0.15) is 15.9 Å². The molecule has 11 heteroatoms. The minimum absolute atomic E-state index is 0.0215. The van der Waals surface area contributed by atoms with Crippen LogP contribution in [-0.2, 0) is 17.5 Å². The average molecular weight is 547 g/mol. The van der Waals surface area contributed by atoms with Gasteiger partial charge in [0, 0.05) is 20.1 Å². The van der Waals surface area contributed by atoms with E-state index >= 15 is 0 Å². The molecule has 1 aromatic carbocycles. The molecule has 0 aliphatic heterocycles. The van der Waals surface area contributed by atoms with E-state index in [1.165, 1.54) is 9.47 Å². The van der Waals surface area contributed by atoms with Gasteiger partial charge in [-0.05, 0) is 48.7 Å². The van der Waals surface area contributed by atoms with Crippen molar-refractivity contribution in [3.8, 4) is 0 Å². The molecule has 188 valence electrons. The van der Waals surface area contributed by atoms with Gasteiger partial charge >= 0.3 is 12.3 Å². The van der Waals surface area contributed by atoms with Crippen molar-refractivity contribution in [2.24, 2.45) is 0 Å². The first kappa shape index (κ1) is 27.8. The molecule has 1 amide bonds. The van der Waals surface area contributed by atoms with Gasteiger partial charge in [0.2, 0.25) is 0 Å². The van der Waals surface area contributed by atoms with Gasteiger partial charge in [0.05, 0.1) is 12.6 Å². The first-order valence-electron chi connectivity index (χ1n) is 10.8. The van der Waals surface area contributed by atoms with Gasteiger partial charge in [-0.2, -0.15) is 13.2 Å². The summed E-state index contributed by atoms with van der Waals surface area (Å²) in [6.45, 7) is 7.62. The Balaban J connectivity index is 2.34. The molecule has 0 saturated heterocycles. The van der Waals surface area contributed by atoms with Crippen molar-refractivity contribution in [1.82, 2.24) is 19.8 Å². The van der Waals surface area contributed by atoms with Crippen LogP contribution in [0.4, 0.5) is 18.0 Å². The lowest BCUT2D eigenvalue weighted by molar-refractivity contribution is -0.142. The van der Waals surface area contributed by atoms with Crippen LogP contribution in [0.3, 0.4) is 0 Å². The minimum atomic E-state index is -4.80. The summed E-state index contributed by atoms with van der Waals surface area (Å²) in [7, 11) is 1.57. The second-order valence-corrected chi connectivity index (χ2v) is 9.62. The summed E-state index contributed by atoms with van der Waals surface area (Å²) in [6.07, 6.45) is -4.94. The summed E-state index contributed by atoms with van der Waals surface area (Å²) in [6, 6.07) is 8.30. The highest BCUT2D eigenvalue weighted by atomic mass is 79.9. The Morgan fingerprint density at radius 2 is 1.85 bits per heavy atom. The summed E-state index contributed by atoms with van der Waals surface area (Å²) < 4.78 is 46.7. The molecule has 0 saturated carbocycles. The van der Waals surface area contributed by atoms with E-state index in [9.17, 15) is 22.8 Å². The second kappa shape index (κ2) is 11.4. The average Bonchev–Trinajstić information content (AvgIpc) is 2.73. The molecule has 0 bridgehead atoms.